The Hall–Kier alpha value is -2.44. The first-order valence-corrected chi connectivity index (χ1v) is 10.0. The molecule has 0 saturated heterocycles. The Morgan fingerprint density at radius 1 is 1.29 bits per heavy atom. The zero-order valence-corrected chi connectivity index (χ0v) is 17.5. The number of nitrogens with zero attached hydrogens (tertiary/aromatic N) is 2. The molecule has 0 radical (unpaired) electrons. The molecule has 3 N–H and O–H groups in total. The molecular weight excluding hydrogens is 356 g/mol. The van der Waals surface area contributed by atoms with E-state index < -0.39 is 0 Å². The smallest absolute Gasteiger partial charge is 0.230 e. The highest BCUT2D eigenvalue weighted by atomic mass is 16.5. The van der Waals surface area contributed by atoms with Crippen LogP contribution in [0, 0.1) is 5.41 Å². The maximum Gasteiger partial charge on any atom is 0.230 e. The van der Waals surface area contributed by atoms with Crippen LogP contribution in [0.2, 0.25) is 0 Å². The zero-order chi connectivity index (χ0) is 20.6. The monoisotopic (exact) mass is 390 g/mol. The molecule has 0 unspecified atom stereocenters. The molecular formula is C21H34N4O3. The minimum absolute atomic E-state index is 0.172. The Morgan fingerprint density at radius 3 is 2.61 bits per heavy atom. The standard InChI is InChI=1S/C21H34N4O3/c1-5-22-20(23-14-11-16-9-8-10-17(28-4)18(16)26)24-15-21(12-6-7-13-21)19(27)25(2)3/h8-10,26H,5-7,11-15H2,1-4H3,(H2,22,23,24). The fourth-order valence-corrected chi connectivity index (χ4v) is 3.79. The highest BCUT2D eigenvalue weighted by molar-refractivity contribution is 5.84. The number of hydrogen-bond acceptors (Lipinski definition) is 4. The summed E-state index contributed by atoms with van der Waals surface area (Å²) in [6, 6.07) is 5.48. The summed E-state index contributed by atoms with van der Waals surface area (Å²) < 4.78 is 5.16. The molecule has 0 spiro atoms. The van der Waals surface area contributed by atoms with Crippen molar-refractivity contribution in [2.45, 2.75) is 39.0 Å². The van der Waals surface area contributed by atoms with E-state index in [1.165, 1.54) is 0 Å². The fourth-order valence-electron chi connectivity index (χ4n) is 3.79. The summed E-state index contributed by atoms with van der Waals surface area (Å²) >= 11 is 0. The van der Waals surface area contributed by atoms with Crippen molar-refractivity contribution < 1.29 is 14.6 Å². The number of hydrogen-bond donors (Lipinski definition) is 3. The van der Waals surface area contributed by atoms with Gasteiger partial charge in [-0.2, -0.15) is 0 Å². The Balaban J connectivity index is 2.01. The van der Waals surface area contributed by atoms with E-state index in [9.17, 15) is 9.90 Å². The molecule has 1 fully saturated rings. The van der Waals surface area contributed by atoms with Crippen molar-refractivity contribution in [3.8, 4) is 11.5 Å². The van der Waals surface area contributed by atoms with Crippen LogP contribution in [0.4, 0.5) is 0 Å². The highest BCUT2D eigenvalue weighted by Gasteiger charge is 2.42. The number of carbonyl (C=O) groups excluding carboxylic acids is 1. The number of ether oxygens (including phenoxy) is 1. The van der Waals surface area contributed by atoms with Gasteiger partial charge >= 0.3 is 0 Å². The van der Waals surface area contributed by atoms with Gasteiger partial charge < -0.3 is 25.4 Å². The van der Waals surface area contributed by atoms with Crippen molar-refractivity contribution in [3.05, 3.63) is 23.8 Å². The number of benzene rings is 1. The number of aromatic hydroxyl groups is 1. The van der Waals surface area contributed by atoms with E-state index in [2.05, 4.69) is 10.6 Å². The van der Waals surface area contributed by atoms with Crippen LogP contribution in [-0.4, -0.2) is 62.7 Å². The van der Waals surface area contributed by atoms with Gasteiger partial charge in [-0.25, -0.2) is 0 Å². The molecule has 1 aromatic rings. The molecule has 0 aliphatic heterocycles. The summed E-state index contributed by atoms with van der Waals surface area (Å²) in [5.74, 6) is 1.52. The third-order valence-electron chi connectivity index (χ3n) is 5.29. The Morgan fingerprint density at radius 2 is 2.00 bits per heavy atom. The molecule has 1 aromatic carbocycles. The molecule has 7 nitrogen and oxygen atoms in total. The summed E-state index contributed by atoms with van der Waals surface area (Å²) in [6.45, 7) is 3.86. The molecule has 156 valence electrons. The molecule has 0 bridgehead atoms. The van der Waals surface area contributed by atoms with Crippen molar-refractivity contribution in [1.29, 1.82) is 0 Å². The number of rotatable bonds is 8. The van der Waals surface area contributed by atoms with Gasteiger partial charge in [0.25, 0.3) is 0 Å². The second-order valence-electron chi connectivity index (χ2n) is 7.53. The summed E-state index contributed by atoms with van der Waals surface area (Å²) in [4.78, 5) is 19.1. The summed E-state index contributed by atoms with van der Waals surface area (Å²) in [7, 11) is 5.17. The van der Waals surface area contributed by atoms with Gasteiger partial charge in [0.2, 0.25) is 5.91 Å². The number of para-hydroxylation sites is 1. The second-order valence-corrected chi connectivity index (χ2v) is 7.53. The SMILES string of the molecule is CCNC(=NCC1(C(=O)N(C)C)CCCC1)NCCc1cccc(OC)c1O. The van der Waals surface area contributed by atoms with Crippen LogP contribution >= 0.6 is 0 Å². The maximum absolute atomic E-state index is 12.7. The van der Waals surface area contributed by atoms with Crippen molar-refractivity contribution in [3.63, 3.8) is 0 Å². The van der Waals surface area contributed by atoms with E-state index >= 15 is 0 Å². The predicted molar refractivity (Wildman–Crippen MR) is 112 cm³/mol. The van der Waals surface area contributed by atoms with Gasteiger partial charge in [0.15, 0.2) is 17.5 Å². The maximum atomic E-state index is 12.7. The summed E-state index contributed by atoms with van der Waals surface area (Å²) in [5, 5.41) is 16.8. The van der Waals surface area contributed by atoms with E-state index in [1.54, 1.807) is 18.1 Å². The lowest BCUT2D eigenvalue weighted by molar-refractivity contribution is -0.138. The zero-order valence-electron chi connectivity index (χ0n) is 17.5. The Bertz CT molecular complexity index is 682. The molecule has 2 rings (SSSR count). The van der Waals surface area contributed by atoms with Crippen molar-refractivity contribution in [1.82, 2.24) is 15.5 Å². The van der Waals surface area contributed by atoms with E-state index in [-0.39, 0.29) is 17.1 Å². The minimum Gasteiger partial charge on any atom is -0.504 e. The molecule has 1 aliphatic carbocycles. The van der Waals surface area contributed by atoms with Crippen LogP contribution in [0.15, 0.2) is 23.2 Å². The summed E-state index contributed by atoms with van der Waals surface area (Å²) in [5.41, 5.74) is 0.439. The van der Waals surface area contributed by atoms with Gasteiger partial charge in [0.05, 0.1) is 19.1 Å². The van der Waals surface area contributed by atoms with E-state index in [0.717, 1.165) is 37.8 Å². The number of phenolic OH excluding ortho intramolecular Hbond substituents is 1. The lowest BCUT2D eigenvalue weighted by atomic mass is 9.85. The molecule has 0 atom stereocenters. The van der Waals surface area contributed by atoms with Gasteiger partial charge in [0.1, 0.15) is 0 Å². The van der Waals surface area contributed by atoms with Gasteiger partial charge in [-0.15, -0.1) is 0 Å². The first-order valence-electron chi connectivity index (χ1n) is 10.0. The first kappa shape index (κ1) is 21.9. The predicted octanol–water partition coefficient (Wildman–Crippen LogP) is 2.15. The quantitative estimate of drug-likeness (QED) is 0.468. The summed E-state index contributed by atoms with van der Waals surface area (Å²) in [6.07, 6.45) is 4.58. The molecule has 0 heterocycles. The molecule has 28 heavy (non-hydrogen) atoms. The topological polar surface area (TPSA) is 86.2 Å². The molecule has 7 heteroatoms. The third-order valence-corrected chi connectivity index (χ3v) is 5.29. The van der Waals surface area contributed by atoms with Crippen molar-refractivity contribution in [2.24, 2.45) is 10.4 Å². The van der Waals surface area contributed by atoms with Crippen molar-refractivity contribution in [2.75, 3.05) is 40.8 Å². The molecule has 0 aromatic heterocycles. The average molecular weight is 391 g/mol. The first-order chi connectivity index (χ1) is 13.4. The number of methoxy groups -OCH3 is 1. The van der Waals surface area contributed by atoms with Crippen LogP contribution in [0.5, 0.6) is 11.5 Å². The number of guanidine groups is 1. The number of aliphatic imine (C=N–C) groups is 1. The van der Waals surface area contributed by atoms with Crippen LogP contribution < -0.4 is 15.4 Å². The largest absolute Gasteiger partial charge is 0.504 e. The van der Waals surface area contributed by atoms with Crippen LogP contribution in [0.25, 0.3) is 0 Å². The van der Waals surface area contributed by atoms with Gasteiger partial charge in [-0.1, -0.05) is 25.0 Å². The molecule has 1 aliphatic rings. The van der Waals surface area contributed by atoms with E-state index in [4.69, 9.17) is 9.73 Å². The molecule has 1 saturated carbocycles. The third kappa shape index (κ3) is 5.30. The number of amides is 1. The number of carbonyl (C=O) groups is 1. The number of nitrogens with one attached hydrogen (secondary N) is 2. The Kier molecular flexibility index (Phi) is 7.96. The van der Waals surface area contributed by atoms with Crippen LogP contribution in [0.1, 0.15) is 38.2 Å². The van der Waals surface area contributed by atoms with Crippen molar-refractivity contribution >= 4 is 11.9 Å². The van der Waals surface area contributed by atoms with Gasteiger partial charge in [-0.3, -0.25) is 9.79 Å². The van der Waals surface area contributed by atoms with Gasteiger partial charge in [0, 0.05) is 27.2 Å². The Labute approximate surface area is 168 Å². The van der Waals surface area contributed by atoms with E-state index in [1.807, 2.05) is 33.2 Å². The highest BCUT2D eigenvalue weighted by Crippen LogP contribution is 2.39. The second kappa shape index (κ2) is 10.2. The van der Waals surface area contributed by atoms with Crippen LogP contribution in [-0.2, 0) is 11.2 Å². The minimum atomic E-state index is -0.378. The van der Waals surface area contributed by atoms with E-state index in [0.29, 0.717) is 31.2 Å². The van der Waals surface area contributed by atoms with Crippen LogP contribution in [0.3, 0.4) is 0 Å². The van der Waals surface area contributed by atoms with Gasteiger partial charge in [-0.05, 0) is 37.8 Å². The normalized spacial score (nSPS) is 15.9. The lowest BCUT2D eigenvalue weighted by Gasteiger charge is -2.29. The lowest BCUT2D eigenvalue weighted by Crippen LogP contribution is -2.43. The fraction of sp³-hybridized carbons (Fsp3) is 0.619. The average Bonchev–Trinajstić information content (AvgIpc) is 3.16. The molecule has 1 amide bonds. The number of phenols is 1.